The molecule has 2 aromatic rings. The monoisotopic (exact) mass is 308 g/mol. The fraction of sp³-hybridized carbons (Fsp3) is 0.357. The van der Waals surface area contributed by atoms with Crippen LogP contribution in [0.3, 0.4) is 0 Å². The standard InChI is InChI=1S/C14H14ClFN4O/c1-20-13(7-17-19-20)14(21)18-12-4-2-3-9-10(12)5-8(15)6-11(9)16/h5-7,12H,2-4H2,1H3,(H,18,21). The molecular weight excluding hydrogens is 295 g/mol. The summed E-state index contributed by atoms with van der Waals surface area (Å²) in [6, 6.07) is 2.80. The van der Waals surface area contributed by atoms with Crippen LogP contribution in [0.25, 0.3) is 0 Å². The lowest BCUT2D eigenvalue weighted by Crippen LogP contribution is -2.32. The number of aromatic nitrogens is 3. The molecule has 7 heteroatoms. The van der Waals surface area contributed by atoms with Gasteiger partial charge in [0.05, 0.1) is 12.2 Å². The molecule has 21 heavy (non-hydrogen) atoms. The Morgan fingerprint density at radius 2 is 2.33 bits per heavy atom. The molecule has 0 saturated heterocycles. The highest BCUT2D eigenvalue weighted by molar-refractivity contribution is 6.30. The molecule has 1 aromatic heterocycles. The molecule has 0 radical (unpaired) electrons. The van der Waals surface area contributed by atoms with Gasteiger partial charge in [0.15, 0.2) is 0 Å². The minimum Gasteiger partial charge on any atom is -0.344 e. The van der Waals surface area contributed by atoms with E-state index >= 15 is 0 Å². The summed E-state index contributed by atoms with van der Waals surface area (Å²) in [5.74, 6) is -0.584. The van der Waals surface area contributed by atoms with Crippen LogP contribution in [0.15, 0.2) is 18.3 Å². The summed E-state index contributed by atoms with van der Waals surface area (Å²) in [5, 5.41) is 10.7. The number of halogens is 2. The van der Waals surface area contributed by atoms with Crippen molar-refractivity contribution >= 4 is 17.5 Å². The highest BCUT2D eigenvalue weighted by Crippen LogP contribution is 2.33. The average Bonchev–Trinajstić information content (AvgIpc) is 2.86. The van der Waals surface area contributed by atoms with Crippen LogP contribution in [-0.4, -0.2) is 20.9 Å². The third-order valence-electron chi connectivity index (χ3n) is 3.74. The third kappa shape index (κ3) is 2.63. The Hall–Kier alpha value is -1.95. The van der Waals surface area contributed by atoms with Crippen molar-refractivity contribution in [1.29, 1.82) is 0 Å². The van der Waals surface area contributed by atoms with Gasteiger partial charge in [-0.05, 0) is 42.5 Å². The molecule has 1 aliphatic rings. The first-order chi connectivity index (χ1) is 10.1. The molecule has 1 unspecified atom stereocenters. The largest absolute Gasteiger partial charge is 0.344 e. The first-order valence-electron chi connectivity index (χ1n) is 6.69. The lowest BCUT2D eigenvalue weighted by molar-refractivity contribution is 0.0923. The number of hydrogen-bond acceptors (Lipinski definition) is 3. The predicted molar refractivity (Wildman–Crippen MR) is 75.6 cm³/mol. The van der Waals surface area contributed by atoms with Crippen molar-refractivity contribution in [3.63, 3.8) is 0 Å². The first-order valence-corrected chi connectivity index (χ1v) is 7.07. The number of benzene rings is 1. The average molecular weight is 309 g/mol. The van der Waals surface area contributed by atoms with Crippen molar-refractivity contribution in [1.82, 2.24) is 20.3 Å². The van der Waals surface area contributed by atoms with Gasteiger partial charge in [-0.3, -0.25) is 4.79 Å². The lowest BCUT2D eigenvalue weighted by Gasteiger charge is -2.27. The Bertz CT molecular complexity index is 700. The Labute approximate surface area is 126 Å². The van der Waals surface area contributed by atoms with Gasteiger partial charge in [-0.2, -0.15) is 0 Å². The van der Waals surface area contributed by atoms with Gasteiger partial charge in [0.1, 0.15) is 11.5 Å². The Morgan fingerprint density at radius 1 is 1.52 bits per heavy atom. The van der Waals surface area contributed by atoms with E-state index in [0.717, 1.165) is 18.4 Å². The van der Waals surface area contributed by atoms with E-state index in [9.17, 15) is 9.18 Å². The number of aryl methyl sites for hydroxylation is 1. The van der Waals surface area contributed by atoms with E-state index in [4.69, 9.17) is 11.6 Å². The van der Waals surface area contributed by atoms with Crippen LogP contribution < -0.4 is 5.32 Å². The fourth-order valence-electron chi connectivity index (χ4n) is 2.71. The Morgan fingerprint density at radius 3 is 3.05 bits per heavy atom. The van der Waals surface area contributed by atoms with Crippen molar-refractivity contribution < 1.29 is 9.18 Å². The van der Waals surface area contributed by atoms with Crippen LogP contribution in [0.4, 0.5) is 4.39 Å². The molecule has 5 nitrogen and oxygen atoms in total. The normalized spacial score (nSPS) is 17.4. The van der Waals surface area contributed by atoms with Crippen molar-refractivity contribution in [2.45, 2.75) is 25.3 Å². The Kier molecular flexibility index (Phi) is 3.63. The van der Waals surface area contributed by atoms with E-state index in [-0.39, 0.29) is 17.8 Å². The number of hydrogen-bond donors (Lipinski definition) is 1. The van der Waals surface area contributed by atoms with E-state index in [1.54, 1.807) is 13.1 Å². The van der Waals surface area contributed by atoms with E-state index in [1.807, 2.05) is 0 Å². The van der Waals surface area contributed by atoms with Gasteiger partial charge in [0.25, 0.3) is 5.91 Å². The molecule has 1 amide bonds. The molecular formula is C14H14ClFN4O. The second-order valence-electron chi connectivity index (χ2n) is 5.12. The summed E-state index contributed by atoms with van der Waals surface area (Å²) in [4.78, 5) is 12.2. The summed E-state index contributed by atoms with van der Waals surface area (Å²) in [7, 11) is 1.65. The minimum absolute atomic E-state index is 0.246. The van der Waals surface area contributed by atoms with Gasteiger partial charge in [-0.15, -0.1) is 5.10 Å². The second kappa shape index (κ2) is 5.44. The first kappa shape index (κ1) is 14.0. The van der Waals surface area contributed by atoms with Crippen molar-refractivity contribution in [3.8, 4) is 0 Å². The summed E-state index contributed by atoms with van der Waals surface area (Å²) >= 11 is 5.93. The maximum atomic E-state index is 14.0. The minimum atomic E-state index is -0.307. The SMILES string of the molecule is Cn1nncc1C(=O)NC1CCCc2c(F)cc(Cl)cc21. The summed E-state index contributed by atoms with van der Waals surface area (Å²) in [5.41, 5.74) is 1.76. The van der Waals surface area contributed by atoms with E-state index < -0.39 is 0 Å². The quantitative estimate of drug-likeness (QED) is 0.927. The van der Waals surface area contributed by atoms with Crippen LogP contribution in [0.2, 0.25) is 5.02 Å². The zero-order chi connectivity index (χ0) is 15.0. The van der Waals surface area contributed by atoms with Crippen molar-refractivity contribution in [3.05, 3.63) is 46.0 Å². The molecule has 1 N–H and O–H groups in total. The van der Waals surface area contributed by atoms with Crippen molar-refractivity contribution in [2.75, 3.05) is 0 Å². The molecule has 0 saturated carbocycles. The molecule has 0 bridgehead atoms. The number of amides is 1. The van der Waals surface area contributed by atoms with Crippen LogP contribution in [0.1, 0.15) is 40.5 Å². The smallest absolute Gasteiger partial charge is 0.271 e. The summed E-state index contributed by atoms with van der Waals surface area (Å²) in [6.45, 7) is 0. The van der Waals surface area contributed by atoms with Crippen LogP contribution in [0.5, 0.6) is 0 Å². The number of carbonyl (C=O) groups excluding carboxylic acids is 1. The molecule has 0 aliphatic heterocycles. The fourth-order valence-corrected chi connectivity index (χ4v) is 2.93. The molecule has 1 heterocycles. The summed E-state index contributed by atoms with van der Waals surface area (Å²) < 4.78 is 15.4. The number of nitrogens with one attached hydrogen (secondary N) is 1. The molecule has 1 aromatic carbocycles. The van der Waals surface area contributed by atoms with Crippen LogP contribution in [-0.2, 0) is 13.5 Å². The number of fused-ring (bicyclic) bond motifs is 1. The molecule has 0 spiro atoms. The maximum absolute atomic E-state index is 14.0. The van der Waals surface area contributed by atoms with Gasteiger partial charge in [-0.25, -0.2) is 9.07 Å². The topological polar surface area (TPSA) is 59.8 Å². The van der Waals surface area contributed by atoms with Gasteiger partial charge in [0.2, 0.25) is 0 Å². The maximum Gasteiger partial charge on any atom is 0.271 e. The third-order valence-corrected chi connectivity index (χ3v) is 3.96. The van der Waals surface area contributed by atoms with Gasteiger partial charge >= 0.3 is 0 Å². The lowest BCUT2D eigenvalue weighted by atomic mass is 9.87. The molecule has 110 valence electrons. The molecule has 1 aliphatic carbocycles. The predicted octanol–water partition coefficient (Wildman–Crippen LogP) is 2.42. The summed E-state index contributed by atoms with van der Waals surface area (Å²) in [6.07, 6.45) is 3.64. The zero-order valence-electron chi connectivity index (χ0n) is 11.4. The number of nitrogens with zero attached hydrogens (tertiary/aromatic N) is 3. The highest BCUT2D eigenvalue weighted by atomic mass is 35.5. The zero-order valence-corrected chi connectivity index (χ0v) is 12.2. The number of carbonyl (C=O) groups is 1. The molecule has 1 atom stereocenters. The van der Waals surface area contributed by atoms with Crippen molar-refractivity contribution in [2.24, 2.45) is 7.05 Å². The van der Waals surface area contributed by atoms with E-state index in [0.29, 0.717) is 22.7 Å². The van der Waals surface area contributed by atoms with Gasteiger partial charge < -0.3 is 5.32 Å². The molecule has 0 fully saturated rings. The van der Waals surface area contributed by atoms with E-state index in [1.165, 1.54) is 16.9 Å². The highest BCUT2D eigenvalue weighted by Gasteiger charge is 2.26. The van der Waals surface area contributed by atoms with Gasteiger partial charge in [0, 0.05) is 12.1 Å². The molecule has 3 rings (SSSR count). The van der Waals surface area contributed by atoms with Gasteiger partial charge in [-0.1, -0.05) is 16.8 Å². The number of rotatable bonds is 2. The second-order valence-corrected chi connectivity index (χ2v) is 5.55. The Balaban J connectivity index is 1.89. The van der Waals surface area contributed by atoms with E-state index in [2.05, 4.69) is 15.6 Å². The van der Waals surface area contributed by atoms with Crippen LogP contribution >= 0.6 is 11.6 Å². The van der Waals surface area contributed by atoms with Crippen LogP contribution in [0, 0.1) is 5.82 Å².